The summed E-state index contributed by atoms with van der Waals surface area (Å²) in [6, 6.07) is 24.8. The van der Waals surface area contributed by atoms with E-state index in [2.05, 4.69) is 102 Å². The van der Waals surface area contributed by atoms with Crippen molar-refractivity contribution in [2.75, 3.05) is 52.4 Å². The molecule has 10 nitrogen and oxygen atoms in total. The van der Waals surface area contributed by atoms with Gasteiger partial charge in [0.25, 0.3) is 0 Å². The Kier molecular flexibility index (Phi) is 13.2. The maximum atomic E-state index is 4.89. The zero-order valence-corrected chi connectivity index (χ0v) is 25.7. The van der Waals surface area contributed by atoms with Gasteiger partial charge in [-0.25, -0.2) is 0 Å². The van der Waals surface area contributed by atoms with Gasteiger partial charge in [0.2, 0.25) is 0 Å². The average Bonchev–Trinajstić information content (AvgIpc) is 3.06. The second kappa shape index (κ2) is 18.2. The van der Waals surface area contributed by atoms with Crippen molar-refractivity contribution in [1.82, 2.24) is 51.0 Å². The van der Waals surface area contributed by atoms with Crippen LogP contribution < -0.4 is 21.3 Å². The molecule has 0 radical (unpaired) electrons. The molecule has 0 saturated carbocycles. The first-order valence-corrected chi connectivity index (χ1v) is 15.8. The fourth-order valence-electron chi connectivity index (χ4n) is 5.25. The molecule has 0 amide bonds. The summed E-state index contributed by atoms with van der Waals surface area (Å²) in [5, 5.41) is 14.4. The van der Waals surface area contributed by atoms with Gasteiger partial charge in [0.05, 0.1) is 34.2 Å². The van der Waals surface area contributed by atoms with Crippen LogP contribution in [0.15, 0.2) is 85.2 Å². The summed E-state index contributed by atoms with van der Waals surface area (Å²) in [6.07, 6.45) is 3.73. The maximum absolute atomic E-state index is 4.89. The normalized spacial score (nSPS) is 17.5. The summed E-state index contributed by atoms with van der Waals surface area (Å²) in [7, 11) is 0. The van der Waals surface area contributed by atoms with E-state index < -0.39 is 0 Å². The second-order valence-corrected chi connectivity index (χ2v) is 11.1. The molecule has 10 heteroatoms. The number of nitrogens with one attached hydrogen (secondary N) is 4. The van der Waals surface area contributed by atoms with Gasteiger partial charge in [-0.3, -0.25) is 29.7 Å². The molecule has 1 aliphatic heterocycles. The highest BCUT2D eigenvalue weighted by Gasteiger charge is 2.10. The van der Waals surface area contributed by atoms with Gasteiger partial charge in [-0.1, -0.05) is 24.3 Å². The van der Waals surface area contributed by atoms with Crippen LogP contribution >= 0.6 is 0 Å². The van der Waals surface area contributed by atoms with Crippen LogP contribution in [0.25, 0.3) is 0 Å². The Morgan fingerprint density at radius 1 is 0.455 bits per heavy atom. The molecule has 0 saturated heterocycles. The molecule has 0 unspecified atom stereocenters. The number of hydrogen-bond acceptors (Lipinski definition) is 10. The predicted octanol–water partition coefficient (Wildman–Crippen LogP) is 2.34. The van der Waals surface area contributed by atoms with E-state index in [-0.39, 0.29) is 0 Å². The molecule has 4 bridgehead atoms. The molecule has 0 aromatic carbocycles. The quantitative estimate of drug-likeness (QED) is 0.281. The molecule has 5 heterocycles. The number of hydrogen-bond donors (Lipinski definition) is 4. The Morgan fingerprint density at radius 3 is 1.14 bits per heavy atom. The molecule has 0 fully saturated rings. The Hall–Kier alpha value is -3.64. The van der Waals surface area contributed by atoms with Crippen molar-refractivity contribution in [2.45, 2.75) is 39.3 Å². The van der Waals surface area contributed by atoms with Crippen LogP contribution in [0.2, 0.25) is 0 Å². The van der Waals surface area contributed by atoms with Crippen LogP contribution in [0, 0.1) is 0 Å². The van der Waals surface area contributed by atoms with Crippen LogP contribution in [0.3, 0.4) is 0 Å². The van der Waals surface area contributed by atoms with Crippen LogP contribution in [0.4, 0.5) is 0 Å². The summed E-state index contributed by atoms with van der Waals surface area (Å²) in [6.45, 7) is 11.8. The van der Waals surface area contributed by atoms with Crippen LogP contribution in [-0.4, -0.2) is 82.1 Å². The van der Waals surface area contributed by atoms with E-state index in [1.807, 2.05) is 24.5 Å². The summed E-state index contributed by atoms with van der Waals surface area (Å²) < 4.78 is 0. The van der Waals surface area contributed by atoms with Crippen LogP contribution in [-0.2, 0) is 39.3 Å². The fourth-order valence-corrected chi connectivity index (χ4v) is 5.25. The third-order valence-corrected chi connectivity index (χ3v) is 7.60. The van der Waals surface area contributed by atoms with Gasteiger partial charge in [0.15, 0.2) is 0 Å². The summed E-state index contributed by atoms with van der Waals surface area (Å²) >= 11 is 0. The number of pyridine rings is 4. The lowest BCUT2D eigenvalue weighted by atomic mass is 10.2. The van der Waals surface area contributed by atoms with Gasteiger partial charge in [0.1, 0.15) is 0 Å². The zero-order chi connectivity index (χ0) is 30.1. The largest absolute Gasteiger partial charge is 0.310 e. The molecule has 0 aliphatic carbocycles. The predicted molar refractivity (Wildman–Crippen MR) is 174 cm³/mol. The molecule has 4 aromatic rings. The summed E-state index contributed by atoms with van der Waals surface area (Å²) in [4.78, 5) is 23.8. The summed E-state index contributed by atoms with van der Waals surface area (Å²) in [5.41, 5.74) is 6.43. The van der Waals surface area contributed by atoms with Crippen molar-refractivity contribution in [3.63, 3.8) is 0 Å². The fraction of sp³-hybridized carbons (Fsp3) is 0.412. The average molecular weight is 595 g/mol. The van der Waals surface area contributed by atoms with E-state index in [9.17, 15) is 0 Å². The van der Waals surface area contributed by atoms with Crippen molar-refractivity contribution < 1.29 is 0 Å². The molecule has 4 aromatic heterocycles. The molecule has 1 aliphatic rings. The van der Waals surface area contributed by atoms with Crippen molar-refractivity contribution >= 4 is 0 Å². The van der Waals surface area contributed by atoms with Crippen LogP contribution in [0.1, 0.15) is 34.2 Å². The molecule has 0 atom stereocenters. The highest BCUT2D eigenvalue weighted by molar-refractivity contribution is 5.12. The second-order valence-electron chi connectivity index (χ2n) is 11.1. The van der Waals surface area contributed by atoms with Gasteiger partial charge < -0.3 is 21.3 Å². The molecule has 232 valence electrons. The van der Waals surface area contributed by atoms with Gasteiger partial charge in [-0.2, -0.15) is 0 Å². The first kappa shape index (κ1) is 31.8. The molecule has 44 heavy (non-hydrogen) atoms. The first-order chi connectivity index (χ1) is 21.8. The SMILES string of the molecule is c1ccc(CN2CCNCc3cccc(n3)CNCCN(Cc3ccccn3)CCNCc3cccc(n3)CNCC2)nc1. The number of fused-ring (bicyclic) bond motifs is 4. The lowest BCUT2D eigenvalue weighted by Gasteiger charge is -2.23. The topological polar surface area (TPSA) is 106 Å². The number of nitrogens with zero attached hydrogens (tertiary/aromatic N) is 6. The third-order valence-electron chi connectivity index (χ3n) is 7.60. The van der Waals surface area contributed by atoms with E-state index in [0.29, 0.717) is 0 Å². The molecule has 0 spiro atoms. The van der Waals surface area contributed by atoms with Gasteiger partial charge in [0, 0.05) is 104 Å². The standard InChI is InChI=1S/C34H46N10/c1-3-13-39-33(7-1)27-43-19-15-35-23-29-9-5-11-31(41-29)25-37-17-21-44(28-34-8-2-4-14-40-34)22-18-38-26-32-12-6-10-30(42-32)24-36-16-20-43/h1-14,35-38H,15-28H2. The Balaban J connectivity index is 1.21. The first-order valence-electron chi connectivity index (χ1n) is 15.8. The Labute approximate surface area is 261 Å². The Bertz CT molecular complexity index is 1200. The smallest absolute Gasteiger partial charge is 0.0545 e. The van der Waals surface area contributed by atoms with E-state index in [4.69, 9.17) is 9.97 Å². The van der Waals surface area contributed by atoms with Crippen molar-refractivity contribution in [2.24, 2.45) is 0 Å². The number of aromatic nitrogens is 4. The molecule has 4 N–H and O–H groups in total. The molecular formula is C34H46N10. The van der Waals surface area contributed by atoms with E-state index >= 15 is 0 Å². The minimum absolute atomic E-state index is 0.746. The third kappa shape index (κ3) is 11.5. The highest BCUT2D eigenvalue weighted by atomic mass is 15.2. The maximum Gasteiger partial charge on any atom is 0.0545 e. The van der Waals surface area contributed by atoms with Gasteiger partial charge in [-0.05, 0) is 48.5 Å². The van der Waals surface area contributed by atoms with Crippen LogP contribution in [0.5, 0.6) is 0 Å². The van der Waals surface area contributed by atoms with E-state index in [0.717, 1.165) is 126 Å². The highest BCUT2D eigenvalue weighted by Crippen LogP contribution is 2.05. The number of rotatable bonds is 4. The molecular weight excluding hydrogens is 548 g/mol. The van der Waals surface area contributed by atoms with Crippen molar-refractivity contribution in [3.05, 3.63) is 119 Å². The van der Waals surface area contributed by atoms with Crippen molar-refractivity contribution in [1.29, 1.82) is 0 Å². The minimum Gasteiger partial charge on any atom is -0.310 e. The van der Waals surface area contributed by atoms with Crippen molar-refractivity contribution in [3.8, 4) is 0 Å². The lowest BCUT2D eigenvalue weighted by Crippen LogP contribution is -2.37. The van der Waals surface area contributed by atoms with Gasteiger partial charge in [-0.15, -0.1) is 0 Å². The lowest BCUT2D eigenvalue weighted by molar-refractivity contribution is 0.260. The van der Waals surface area contributed by atoms with E-state index in [1.54, 1.807) is 0 Å². The monoisotopic (exact) mass is 594 g/mol. The summed E-state index contributed by atoms with van der Waals surface area (Å²) in [5.74, 6) is 0. The van der Waals surface area contributed by atoms with E-state index in [1.165, 1.54) is 0 Å². The zero-order valence-electron chi connectivity index (χ0n) is 25.7. The minimum atomic E-state index is 0.746. The van der Waals surface area contributed by atoms with Gasteiger partial charge >= 0.3 is 0 Å². The Morgan fingerprint density at radius 2 is 0.818 bits per heavy atom. The molecule has 5 rings (SSSR count).